The molecule has 0 atom stereocenters. The van der Waals surface area contributed by atoms with Gasteiger partial charge in [0.1, 0.15) is 0 Å². The van der Waals surface area contributed by atoms with Gasteiger partial charge in [0.15, 0.2) is 0 Å². The van der Waals surface area contributed by atoms with Crippen molar-refractivity contribution in [3.8, 4) is 0 Å². The largest absolute Gasteiger partial charge is 0.353 e. The third-order valence-corrected chi connectivity index (χ3v) is 2.65. The molecule has 0 unspecified atom stereocenters. The molecular formula is C9H17ClN2O. The summed E-state index contributed by atoms with van der Waals surface area (Å²) < 4.78 is 0. The Balaban J connectivity index is 2.18. The van der Waals surface area contributed by atoms with E-state index < -0.39 is 0 Å². The summed E-state index contributed by atoms with van der Waals surface area (Å²) in [6.07, 6.45) is 4.48. The molecule has 0 aromatic heterocycles. The lowest BCUT2D eigenvalue weighted by molar-refractivity contribution is -0.121. The summed E-state index contributed by atoms with van der Waals surface area (Å²) in [6, 6.07) is 0.664. The van der Waals surface area contributed by atoms with Gasteiger partial charge < -0.3 is 11.1 Å². The van der Waals surface area contributed by atoms with Crippen LogP contribution in [-0.2, 0) is 4.79 Å². The van der Waals surface area contributed by atoms with Gasteiger partial charge in [0.25, 0.3) is 0 Å². The Morgan fingerprint density at radius 2 is 2.00 bits per heavy atom. The number of hydrogen-bond donors (Lipinski definition) is 2. The van der Waals surface area contributed by atoms with Gasteiger partial charge in [-0.2, -0.15) is 0 Å². The Morgan fingerprint density at radius 1 is 1.38 bits per heavy atom. The van der Waals surface area contributed by atoms with E-state index in [1.165, 1.54) is 0 Å². The second-order valence-electron chi connectivity index (χ2n) is 3.62. The van der Waals surface area contributed by atoms with Crippen LogP contribution < -0.4 is 11.1 Å². The Morgan fingerprint density at radius 3 is 2.54 bits per heavy atom. The smallest absolute Gasteiger partial charge is 0.221 e. The minimum absolute atomic E-state index is 0.0653. The zero-order chi connectivity index (χ0) is 9.68. The van der Waals surface area contributed by atoms with E-state index in [1.807, 2.05) is 0 Å². The highest BCUT2D eigenvalue weighted by Crippen LogP contribution is 2.16. The molecule has 3 N–H and O–H groups in total. The molecule has 1 amide bonds. The van der Waals surface area contributed by atoms with Crippen molar-refractivity contribution in [1.29, 1.82) is 0 Å². The maximum atomic E-state index is 11.2. The van der Waals surface area contributed by atoms with Crippen molar-refractivity contribution < 1.29 is 4.79 Å². The maximum Gasteiger partial charge on any atom is 0.221 e. The molecule has 1 aliphatic carbocycles. The van der Waals surface area contributed by atoms with Crippen LogP contribution in [0.15, 0.2) is 0 Å². The van der Waals surface area contributed by atoms with Gasteiger partial charge in [0.05, 0.1) is 0 Å². The molecule has 0 aromatic rings. The van der Waals surface area contributed by atoms with Crippen molar-refractivity contribution in [3.05, 3.63) is 0 Å². The predicted molar refractivity (Wildman–Crippen MR) is 53.7 cm³/mol. The molecule has 1 aliphatic rings. The quantitative estimate of drug-likeness (QED) is 0.674. The summed E-state index contributed by atoms with van der Waals surface area (Å²) in [5.74, 6) is 0.466. The normalized spacial score (nSPS) is 28.5. The number of alkyl halides is 1. The Labute approximate surface area is 84.0 Å². The van der Waals surface area contributed by atoms with Gasteiger partial charge in [0, 0.05) is 24.4 Å². The standard InChI is InChI=1S/C9H17ClN2O/c10-6-5-9(13)12-8-3-1-7(11)2-4-8/h7-8H,1-6,11H2,(H,12,13). The molecule has 4 heteroatoms. The number of halogens is 1. The highest BCUT2D eigenvalue weighted by molar-refractivity contribution is 6.18. The van der Waals surface area contributed by atoms with Crippen LogP contribution in [0.3, 0.4) is 0 Å². The summed E-state index contributed by atoms with van der Waals surface area (Å²) in [5.41, 5.74) is 5.75. The van der Waals surface area contributed by atoms with Crippen molar-refractivity contribution >= 4 is 17.5 Å². The fourth-order valence-electron chi connectivity index (χ4n) is 1.65. The van der Waals surface area contributed by atoms with Gasteiger partial charge in [-0.3, -0.25) is 4.79 Å². The van der Waals surface area contributed by atoms with Crippen LogP contribution in [0.1, 0.15) is 32.1 Å². The van der Waals surface area contributed by atoms with Crippen LogP contribution in [0.25, 0.3) is 0 Å². The van der Waals surface area contributed by atoms with E-state index in [0.29, 0.717) is 24.4 Å². The highest BCUT2D eigenvalue weighted by Gasteiger charge is 2.19. The van der Waals surface area contributed by atoms with E-state index in [0.717, 1.165) is 25.7 Å². The second-order valence-corrected chi connectivity index (χ2v) is 4.00. The van der Waals surface area contributed by atoms with Gasteiger partial charge in [-0.05, 0) is 25.7 Å². The molecule has 76 valence electrons. The second kappa shape index (κ2) is 5.45. The van der Waals surface area contributed by atoms with Crippen LogP contribution in [0, 0.1) is 0 Å². The van der Waals surface area contributed by atoms with Crippen LogP contribution in [-0.4, -0.2) is 23.9 Å². The first kappa shape index (κ1) is 10.8. The Bertz CT molecular complexity index is 167. The van der Waals surface area contributed by atoms with Gasteiger partial charge in [-0.15, -0.1) is 11.6 Å². The number of rotatable bonds is 3. The van der Waals surface area contributed by atoms with Crippen LogP contribution in [0.2, 0.25) is 0 Å². The predicted octanol–water partition coefficient (Wildman–Crippen LogP) is 1.00. The van der Waals surface area contributed by atoms with Gasteiger partial charge in [-0.25, -0.2) is 0 Å². The van der Waals surface area contributed by atoms with Crippen LogP contribution in [0.5, 0.6) is 0 Å². The molecule has 13 heavy (non-hydrogen) atoms. The van der Waals surface area contributed by atoms with E-state index in [4.69, 9.17) is 17.3 Å². The molecule has 0 radical (unpaired) electrons. The summed E-state index contributed by atoms with van der Waals surface area (Å²) in [4.78, 5) is 11.2. The topological polar surface area (TPSA) is 55.1 Å². The summed E-state index contributed by atoms with van der Waals surface area (Å²) >= 11 is 5.46. The van der Waals surface area contributed by atoms with Crippen molar-refractivity contribution in [2.45, 2.75) is 44.2 Å². The Hall–Kier alpha value is -0.280. The van der Waals surface area contributed by atoms with E-state index in [2.05, 4.69) is 5.32 Å². The van der Waals surface area contributed by atoms with E-state index in [9.17, 15) is 4.79 Å². The molecule has 0 heterocycles. The first-order valence-corrected chi connectivity index (χ1v) is 5.36. The molecule has 0 spiro atoms. The lowest BCUT2D eigenvalue weighted by Gasteiger charge is -2.26. The maximum absolute atomic E-state index is 11.2. The molecular weight excluding hydrogens is 188 g/mol. The number of carbonyl (C=O) groups is 1. The van der Waals surface area contributed by atoms with Crippen molar-refractivity contribution in [3.63, 3.8) is 0 Å². The van der Waals surface area contributed by atoms with Gasteiger partial charge >= 0.3 is 0 Å². The molecule has 0 saturated heterocycles. The fraction of sp³-hybridized carbons (Fsp3) is 0.889. The molecule has 0 bridgehead atoms. The minimum Gasteiger partial charge on any atom is -0.353 e. The Kier molecular flexibility index (Phi) is 4.53. The van der Waals surface area contributed by atoms with Crippen LogP contribution in [0.4, 0.5) is 0 Å². The summed E-state index contributed by atoms with van der Waals surface area (Å²) in [5, 5.41) is 2.96. The first-order chi connectivity index (χ1) is 6.22. The molecule has 1 rings (SSSR count). The van der Waals surface area contributed by atoms with Gasteiger partial charge in [-0.1, -0.05) is 0 Å². The van der Waals surface area contributed by atoms with Crippen molar-refractivity contribution in [2.24, 2.45) is 5.73 Å². The molecule has 3 nitrogen and oxygen atoms in total. The lowest BCUT2D eigenvalue weighted by Crippen LogP contribution is -2.40. The zero-order valence-corrected chi connectivity index (χ0v) is 8.52. The number of carbonyl (C=O) groups excluding carboxylic acids is 1. The SMILES string of the molecule is NC1CCC(NC(=O)CCCl)CC1. The minimum atomic E-state index is 0.0653. The monoisotopic (exact) mass is 204 g/mol. The molecule has 0 aromatic carbocycles. The molecule has 1 saturated carbocycles. The lowest BCUT2D eigenvalue weighted by atomic mass is 9.92. The number of hydrogen-bond acceptors (Lipinski definition) is 2. The summed E-state index contributed by atoms with van der Waals surface area (Å²) in [6.45, 7) is 0. The van der Waals surface area contributed by atoms with Gasteiger partial charge in [0.2, 0.25) is 5.91 Å². The zero-order valence-electron chi connectivity index (χ0n) is 7.76. The third-order valence-electron chi connectivity index (χ3n) is 2.46. The van der Waals surface area contributed by atoms with E-state index in [1.54, 1.807) is 0 Å². The number of amides is 1. The average Bonchev–Trinajstić information content (AvgIpc) is 2.09. The van der Waals surface area contributed by atoms with E-state index in [-0.39, 0.29) is 5.91 Å². The van der Waals surface area contributed by atoms with Crippen LogP contribution >= 0.6 is 11.6 Å². The molecule has 0 aliphatic heterocycles. The average molecular weight is 205 g/mol. The third kappa shape index (κ3) is 3.96. The van der Waals surface area contributed by atoms with Crippen molar-refractivity contribution in [1.82, 2.24) is 5.32 Å². The highest BCUT2D eigenvalue weighted by atomic mass is 35.5. The van der Waals surface area contributed by atoms with E-state index >= 15 is 0 Å². The summed E-state index contributed by atoms with van der Waals surface area (Å²) in [7, 11) is 0. The molecule has 1 fully saturated rings. The number of nitrogens with one attached hydrogen (secondary N) is 1. The fourth-order valence-corrected chi connectivity index (χ4v) is 1.82. The van der Waals surface area contributed by atoms with Crippen molar-refractivity contribution in [2.75, 3.05) is 5.88 Å². The first-order valence-electron chi connectivity index (χ1n) is 4.83. The number of nitrogens with two attached hydrogens (primary N) is 1.